The van der Waals surface area contributed by atoms with Crippen LogP contribution < -0.4 is 9.64 Å². The second-order valence-corrected chi connectivity index (χ2v) is 7.15. The fraction of sp³-hybridized carbons (Fsp3) is 0.304. The minimum Gasteiger partial charge on any atom is -0.497 e. The van der Waals surface area contributed by atoms with E-state index in [4.69, 9.17) is 14.2 Å². The molecule has 174 valence electrons. The van der Waals surface area contributed by atoms with Crippen LogP contribution in [-0.2, 0) is 19.1 Å². The molecule has 0 spiro atoms. The first-order chi connectivity index (χ1) is 15.9. The van der Waals surface area contributed by atoms with E-state index in [0.29, 0.717) is 43.3 Å². The van der Waals surface area contributed by atoms with Crippen molar-refractivity contribution in [2.75, 3.05) is 52.5 Å². The smallest absolute Gasteiger partial charge is 0.282 e. The van der Waals surface area contributed by atoms with Crippen LogP contribution in [0, 0.1) is 10.1 Å². The summed E-state index contributed by atoms with van der Waals surface area (Å²) in [6.07, 6.45) is 0. The molecule has 10 heteroatoms. The van der Waals surface area contributed by atoms with Crippen molar-refractivity contribution in [3.8, 4) is 5.75 Å². The zero-order chi connectivity index (χ0) is 24.0. The summed E-state index contributed by atoms with van der Waals surface area (Å²) in [7, 11) is 4.59. The third-order valence-electron chi connectivity index (χ3n) is 5.18. The molecule has 0 saturated carbocycles. The maximum atomic E-state index is 13.6. The molecule has 0 aromatic heterocycles. The van der Waals surface area contributed by atoms with Gasteiger partial charge in [-0.2, -0.15) is 0 Å². The van der Waals surface area contributed by atoms with Crippen molar-refractivity contribution in [2.24, 2.45) is 0 Å². The van der Waals surface area contributed by atoms with Gasteiger partial charge in [0, 0.05) is 45.5 Å². The summed E-state index contributed by atoms with van der Waals surface area (Å²) in [6.45, 7) is 1.33. The fourth-order valence-electron chi connectivity index (χ4n) is 3.54. The largest absolute Gasteiger partial charge is 0.497 e. The highest BCUT2D eigenvalue weighted by atomic mass is 16.6. The first kappa shape index (κ1) is 23.9. The average molecular weight is 455 g/mol. The molecule has 0 fully saturated rings. The molecular weight excluding hydrogens is 430 g/mol. The molecule has 2 amide bonds. The summed E-state index contributed by atoms with van der Waals surface area (Å²) in [5, 5.41) is 11.1. The number of carbonyl (C=O) groups is 2. The zero-order valence-corrected chi connectivity index (χ0v) is 18.6. The van der Waals surface area contributed by atoms with Gasteiger partial charge in [0.1, 0.15) is 11.4 Å². The quantitative estimate of drug-likeness (QED) is 0.289. The molecule has 1 heterocycles. The number of nitro benzene ring substituents is 1. The number of carbonyl (C=O) groups excluding carboxylic acids is 2. The number of nitrogens with zero attached hydrogens (tertiary/aromatic N) is 3. The van der Waals surface area contributed by atoms with Crippen molar-refractivity contribution in [1.82, 2.24) is 4.90 Å². The Morgan fingerprint density at radius 2 is 1.58 bits per heavy atom. The lowest BCUT2D eigenvalue weighted by atomic mass is 10.0. The van der Waals surface area contributed by atoms with Crippen LogP contribution in [0.1, 0.15) is 5.56 Å². The highest BCUT2D eigenvalue weighted by Gasteiger charge is 2.42. The molecule has 10 nitrogen and oxygen atoms in total. The fourth-order valence-corrected chi connectivity index (χ4v) is 3.54. The van der Waals surface area contributed by atoms with Gasteiger partial charge < -0.3 is 19.1 Å². The Kier molecular flexibility index (Phi) is 7.75. The van der Waals surface area contributed by atoms with E-state index in [1.165, 1.54) is 31.4 Å². The van der Waals surface area contributed by atoms with Crippen molar-refractivity contribution in [1.29, 1.82) is 0 Å². The number of non-ortho nitro benzene ring substituents is 1. The topological polar surface area (TPSA) is 111 Å². The SMILES string of the molecule is COCCN(CCOC)C1=C(c2ccc([N+](=O)[O-])cc2)C(=O)N(c2cccc(OC)c2)C1=O. The van der Waals surface area contributed by atoms with E-state index in [2.05, 4.69) is 0 Å². The van der Waals surface area contributed by atoms with Crippen LogP contribution in [0.2, 0.25) is 0 Å². The van der Waals surface area contributed by atoms with E-state index >= 15 is 0 Å². The van der Waals surface area contributed by atoms with Gasteiger partial charge in [-0.25, -0.2) is 4.90 Å². The maximum Gasteiger partial charge on any atom is 0.282 e. The molecule has 3 rings (SSSR count). The number of hydrogen-bond donors (Lipinski definition) is 0. The van der Waals surface area contributed by atoms with Crippen LogP contribution in [0.5, 0.6) is 5.75 Å². The Morgan fingerprint density at radius 3 is 2.12 bits per heavy atom. The van der Waals surface area contributed by atoms with Crippen molar-refractivity contribution >= 4 is 28.8 Å². The standard InChI is InChI=1S/C23H25N3O7/c1-31-13-11-24(12-14-32-2)21-20(16-7-9-17(10-8-16)26(29)30)22(27)25(23(21)28)18-5-4-6-19(15-18)33-3/h4-10,15H,11-14H2,1-3H3. The summed E-state index contributed by atoms with van der Waals surface area (Å²) < 4.78 is 15.6. The molecule has 0 radical (unpaired) electrons. The minimum atomic E-state index is -0.531. The van der Waals surface area contributed by atoms with Gasteiger partial charge >= 0.3 is 0 Å². The summed E-state index contributed by atoms with van der Waals surface area (Å²) in [5.41, 5.74) is 0.991. The molecule has 33 heavy (non-hydrogen) atoms. The number of ether oxygens (including phenoxy) is 3. The maximum absolute atomic E-state index is 13.6. The lowest BCUT2D eigenvalue weighted by Crippen LogP contribution is -2.37. The molecule has 0 saturated heterocycles. The summed E-state index contributed by atoms with van der Waals surface area (Å²) in [6, 6.07) is 12.2. The Balaban J connectivity index is 2.13. The number of rotatable bonds is 11. The lowest BCUT2D eigenvalue weighted by Gasteiger charge is -2.25. The number of nitro groups is 1. The summed E-state index contributed by atoms with van der Waals surface area (Å²) >= 11 is 0. The molecule has 1 aliphatic rings. The third kappa shape index (κ3) is 5.02. The highest BCUT2D eigenvalue weighted by molar-refractivity contribution is 6.45. The molecule has 1 aliphatic heterocycles. The predicted molar refractivity (Wildman–Crippen MR) is 121 cm³/mol. The van der Waals surface area contributed by atoms with E-state index in [9.17, 15) is 19.7 Å². The number of benzene rings is 2. The van der Waals surface area contributed by atoms with Gasteiger partial charge in [0.25, 0.3) is 17.5 Å². The predicted octanol–water partition coefficient (Wildman–Crippen LogP) is 2.48. The molecule has 0 bridgehead atoms. The highest BCUT2D eigenvalue weighted by Crippen LogP contribution is 2.36. The molecule has 2 aromatic rings. The van der Waals surface area contributed by atoms with Crippen molar-refractivity contribution < 1.29 is 28.7 Å². The summed E-state index contributed by atoms with van der Waals surface area (Å²) in [5.74, 6) is -0.542. The van der Waals surface area contributed by atoms with Crippen LogP contribution in [0.3, 0.4) is 0 Å². The van der Waals surface area contributed by atoms with Gasteiger partial charge in [0.2, 0.25) is 0 Å². The Hall–Kier alpha value is -3.76. The lowest BCUT2D eigenvalue weighted by molar-refractivity contribution is -0.384. The number of anilines is 1. The van der Waals surface area contributed by atoms with Crippen molar-refractivity contribution in [3.05, 3.63) is 69.9 Å². The van der Waals surface area contributed by atoms with Crippen LogP contribution in [0.4, 0.5) is 11.4 Å². The molecular formula is C23H25N3O7. The first-order valence-corrected chi connectivity index (χ1v) is 10.2. The molecule has 0 atom stereocenters. The van der Waals surface area contributed by atoms with Crippen LogP contribution in [0.25, 0.3) is 5.57 Å². The second kappa shape index (κ2) is 10.7. The van der Waals surface area contributed by atoms with Gasteiger partial charge in [-0.1, -0.05) is 6.07 Å². The number of hydrogen-bond acceptors (Lipinski definition) is 8. The van der Waals surface area contributed by atoms with Crippen LogP contribution in [0.15, 0.2) is 54.2 Å². The third-order valence-corrected chi connectivity index (χ3v) is 5.18. The molecule has 2 aromatic carbocycles. The molecule has 0 aliphatic carbocycles. The normalized spacial score (nSPS) is 13.6. The van der Waals surface area contributed by atoms with Crippen molar-refractivity contribution in [2.45, 2.75) is 0 Å². The Bertz CT molecular complexity index is 1060. The first-order valence-electron chi connectivity index (χ1n) is 10.2. The number of methoxy groups -OCH3 is 3. The molecule has 0 N–H and O–H groups in total. The Morgan fingerprint density at radius 1 is 0.939 bits per heavy atom. The van der Waals surface area contributed by atoms with E-state index in [0.717, 1.165) is 4.90 Å². The number of amides is 2. The van der Waals surface area contributed by atoms with Gasteiger partial charge in [-0.3, -0.25) is 19.7 Å². The average Bonchev–Trinajstić information content (AvgIpc) is 3.09. The molecule has 0 unspecified atom stereocenters. The monoisotopic (exact) mass is 455 g/mol. The second-order valence-electron chi connectivity index (χ2n) is 7.15. The van der Waals surface area contributed by atoms with E-state index in [1.54, 1.807) is 43.4 Å². The van der Waals surface area contributed by atoms with Crippen molar-refractivity contribution in [3.63, 3.8) is 0 Å². The van der Waals surface area contributed by atoms with E-state index in [1.807, 2.05) is 0 Å². The number of imide groups is 1. The van der Waals surface area contributed by atoms with Gasteiger partial charge in [-0.05, 0) is 29.8 Å². The zero-order valence-electron chi connectivity index (χ0n) is 18.6. The van der Waals surface area contributed by atoms with Gasteiger partial charge in [0.05, 0.1) is 36.5 Å². The summed E-state index contributed by atoms with van der Waals surface area (Å²) in [4.78, 5) is 40.6. The van der Waals surface area contributed by atoms with Gasteiger partial charge in [0.15, 0.2) is 0 Å². The van der Waals surface area contributed by atoms with E-state index in [-0.39, 0.29) is 17.0 Å². The van der Waals surface area contributed by atoms with E-state index < -0.39 is 16.7 Å². The van der Waals surface area contributed by atoms with Gasteiger partial charge in [-0.15, -0.1) is 0 Å². The Labute approximate surface area is 191 Å². The van der Waals surface area contributed by atoms with Crippen LogP contribution >= 0.6 is 0 Å². The van der Waals surface area contributed by atoms with Crippen LogP contribution in [-0.4, -0.2) is 69.3 Å². The minimum absolute atomic E-state index is 0.113.